The minimum absolute atomic E-state index is 0.315. The molecular formula is C13H16N2O2S. The Kier molecular flexibility index (Phi) is 3.33. The van der Waals surface area contributed by atoms with Crippen molar-refractivity contribution in [3.05, 3.63) is 23.8 Å². The van der Waals surface area contributed by atoms with Gasteiger partial charge >= 0.3 is 0 Å². The van der Waals surface area contributed by atoms with Crippen LogP contribution in [0.5, 0.6) is 0 Å². The fraction of sp³-hybridized carbons (Fsp3) is 0.385. The van der Waals surface area contributed by atoms with Gasteiger partial charge < -0.3 is 4.90 Å². The summed E-state index contributed by atoms with van der Waals surface area (Å²) in [6, 6.07) is 5.25. The predicted octanol–water partition coefficient (Wildman–Crippen LogP) is 0.933. The van der Waals surface area contributed by atoms with Gasteiger partial charge in [0.05, 0.1) is 11.4 Å². The SMILES string of the molecule is C#CCN1CCc2ccc(S(=O)(=O)N(C)C)cc21. The first-order valence-electron chi connectivity index (χ1n) is 5.70. The Morgan fingerprint density at radius 3 is 2.78 bits per heavy atom. The molecule has 0 aliphatic carbocycles. The molecule has 1 heterocycles. The van der Waals surface area contributed by atoms with E-state index < -0.39 is 10.0 Å². The molecular weight excluding hydrogens is 248 g/mol. The zero-order valence-electron chi connectivity index (χ0n) is 10.5. The Morgan fingerprint density at radius 1 is 1.44 bits per heavy atom. The average molecular weight is 264 g/mol. The third-order valence-corrected chi connectivity index (χ3v) is 4.92. The first-order chi connectivity index (χ1) is 8.46. The van der Waals surface area contributed by atoms with Crippen LogP contribution in [0.2, 0.25) is 0 Å². The quantitative estimate of drug-likeness (QED) is 0.763. The zero-order valence-corrected chi connectivity index (χ0v) is 11.4. The highest BCUT2D eigenvalue weighted by Gasteiger charge is 2.23. The number of hydrogen-bond acceptors (Lipinski definition) is 3. The second-order valence-electron chi connectivity index (χ2n) is 4.45. The van der Waals surface area contributed by atoms with Gasteiger partial charge in [0.2, 0.25) is 10.0 Å². The van der Waals surface area contributed by atoms with Gasteiger partial charge in [0.25, 0.3) is 0 Å². The monoisotopic (exact) mass is 264 g/mol. The minimum atomic E-state index is -3.38. The second-order valence-corrected chi connectivity index (χ2v) is 6.61. The summed E-state index contributed by atoms with van der Waals surface area (Å²) in [4.78, 5) is 2.35. The maximum atomic E-state index is 12.1. The summed E-state index contributed by atoms with van der Waals surface area (Å²) in [5.74, 6) is 2.60. The van der Waals surface area contributed by atoms with E-state index in [4.69, 9.17) is 6.42 Å². The standard InChI is InChI=1S/C13H16N2O2S/c1-4-8-15-9-7-11-5-6-12(10-13(11)15)18(16,17)14(2)3/h1,5-6,10H,7-9H2,2-3H3. The Morgan fingerprint density at radius 2 is 2.17 bits per heavy atom. The molecule has 0 fully saturated rings. The van der Waals surface area contributed by atoms with Crippen LogP contribution in [0.1, 0.15) is 5.56 Å². The lowest BCUT2D eigenvalue weighted by atomic mass is 10.2. The lowest BCUT2D eigenvalue weighted by molar-refractivity contribution is 0.521. The van der Waals surface area contributed by atoms with E-state index >= 15 is 0 Å². The lowest BCUT2D eigenvalue weighted by Crippen LogP contribution is -2.23. The number of benzene rings is 1. The number of rotatable bonds is 3. The Hall–Kier alpha value is -1.51. The maximum absolute atomic E-state index is 12.1. The van der Waals surface area contributed by atoms with Crippen LogP contribution in [0.3, 0.4) is 0 Å². The lowest BCUT2D eigenvalue weighted by Gasteiger charge is -2.18. The maximum Gasteiger partial charge on any atom is 0.242 e. The van der Waals surface area contributed by atoms with E-state index in [1.54, 1.807) is 12.1 Å². The smallest absolute Gasteiger partial charge is 0.242 e. The van der Waals surface area contributed by atoms with E-state index in [0.717, 1.165) is 24.2 Å². The summed E-state index contributed by atoms with van der Waals surface area (Å²) in [6.07, 6.45) is 6.24. The fourth-order valence-corrected chi connectivity index (χ4v) is 2.99. The summed E-state index contributed by atoms with van der Waals surface area (Å²) >= 11 is 0. The van der Waals surface area contributed by atoms with Crippen LogP contribution in [-0.2, 0) is 16.4 Å². The highest BCUT2D eigenvalue weighted by atomic mass is 32.2. The molecule has 1 aliphatic rings. The van der Waals surface area contributed by atoms with Crippen LogP contribution in [0.25, 0.3) is 0 Å². The molecule has 0 saturated heterocycles. The molecule has 0 spiro atoms. The minimum Gasteiger partial charge on any atom is -0.360 e. The van der Waals surface area contributed by atoms with Crippen LogP contribution < -0.4 is 4.90 Å². The Labute approximate surface area is 108 Å². The third-order valence-electron chi connectivity index (χ3n) is 3.11. The molecule has 0 bridgehead atoms. The van der Waals surface area contributed by atoms with Crippen molar-refractivity contribution in [1.29, 1.82) is 0 Å². The van der Waals surface area contributed by atoms with Crippen molar-refractivity contribution < 1.29 is 8.42 Å². The van der Waals surface area contributed by atoms with Gasteiger partial charge in [-0.3, -0.25) is 0 Å². The first-order valence-corrected chi connectivity index (χ1v) is 7.14. The molecule has 4 nitrogen and oxygen atoms in total. The van der Waals surface area contributed by atoms with Crippen LogP contribution in [0.15, 0.2) is 23.1 Å². The first kappa shape index (κ1) is 12.9. The number of sulfonamides is 1. The molecule has 96 valence electrons. The van der Waals surface area contributed by atoms with Gasteiger partial charge in [-0.1, -0.05) is 12.0 Å². The number of nitrogens with zero attached hydrogens (tertiary/aromatic N) is 2. The molecule has 0 saturated carbocycles. The van der Waals surface area contributed by atoms with Crippen molar-refractivity contribution in [3.8, 4) is 12.3 Å². The van der Waals surface area contributed by atoms with Crippen LogP contribution in [-0.4, -0.2) is 39.9 Å². The van der Waals surface area contributed by atoms with E-state index in [2.05, 4.69) is 5.92 Å². The van der Waals surface area contributed by atoms with E-state index in [0.29, 0.717) is 11.4 Å². The number of terminal acetylenes is 1. The van der Waals surface area contributed by atoms with Crippen LogP contribution in [0, 0.1) is 12.3 Å². The Bertz CT molecular complexity index is 600. The molecule has 5 heteroatoms. The molecule has 1 aliphatic heterocycles. The third kappa shape index (κ3) is 2.09. The molecule has 2 rings (SSSR count). The van der Waals surface area contributed by atoms with Crippen molar-refractivity contribution in [1.82, 2.24) is 4.31 Å². The molecule has 0 aromatic heterocycles. The van der Waals surface area contributed by atoms with Crippen molar-refractivity contribution >= 4 is 15.7 Å². The molecule has 1 aromatic carbocycles. The Balaban J connectivity index is 2.45. The highest BCUT2D eigenvalue weighted by Crippen LogP contribution is 2.30. The average Bonchev–Trinajstić information content (AvgIpc) is 2.72. The van der Waals surface area contributed by atoms with E-state index in [1.165, 1.54) is 18.4 Å². The number of anilines is 1. The zero-order chi connectivity index (χ0) is 13.3. The second kappa shape index (κ2) is 4.63. The normalized spacial score (nSPS) is 14.7. The van der Waals surface area contributed by atoms with Gasteiger partial charge in [0, 0.05) is 26.3 Å². The van der Waals surface area contributed by atoms with Crippen LogP contribution in [0.4, 0.5) is 5.69 Å². The largest absolute Gasteiger partial charge is 0.360 e. The van der Waals surface area contributed by atoms with Gasteiger partial charge in [-0.25, -0.2) is 12.7 Å². The number of fused-ring (bicyclic) bond motifs is 1. The summed E-state index contributed by atoms with van der Waals surface area (Å²) in [5, 5.41) is 0. The van der Waals surface area contributed by atoms with Crippen molar-refractivity contribution in [2.75, 3.05) is 32.1 Å². The molecule has 0 atom stereocenters. The summed E-state index contributed by atoms with van der Waals surface area (Å²) in [5.41, 5.74) is 2.10. The van der Waals surface area contributed by atoms with Crippen LogP contribution >= 0.6 is 0 Å². The van der Waals surface area contributed by atoms with Crippen molar-refractivity contribution in [3.63, 3.8) is 0 Å². The molecule has 0 unspecified atom stereocenters. The van der Waals surface area contributed by atoms with Gasteiger partial charge in [-0.05, 0) is 24.1 Å². The van der Waals surface area contributed by atoms with E-state index in [1.807, 2.05) is 11.0 Å². The molecule has 1 aromatic rings. The topological polar surface area (TPSA) is 40.6 Å². The number of hydrogen-bond donors (Lipinski definition) is 0. The van der Waals surface area contributed by atoms with E-state index in [-0.39, 0.29) is 0 Å². The predicted molar refractivity (Wildman–Crippen MR) is 72.1 cm³/mol. The molecule has 0 N–H and O–H groups in total. The van der Waals surface area contributed by atoms with Crippen molar-refractivity contribution in [2.24, 2.45) is 0 Å². The van der Waals surface area contributed by atoms with Gasteiger partial charge in [-0.2, -0.15) is 0 Å². The van der Waals surface area contributed by atoms with Gasteiger partial charge in [0.15, 0.2) is 0 Å². The molecule has 18 heavy (non-hydrogen) atoms. The van der Waals surface area contributed by atoms with E-state index in [9.17, 15) is 8.42 Å². The summed E-state index contributed by atoms with van der Waals surface area (Å²) in [7, 11) is -0.323. The van der Waals surface area contributed by atoms with Gasteiger partial charge in [-0.15, -0.1) is 6.42 Å². The summed E-state index contributed by atoms with van der Waals surface area (Å²) in [6.45, 7) is 1.36. The van der Waals surface area contributed by atoms with Gasteiger partial charge in [0.1, 0.15) is 0 Å². The molecule has 0 radical (unpaired) electrons. The highest BCUT2D eigenvalue weighted by molar-refractivity contribution is 7.89. The fourth-order valence-electron chi connectivity index (χ4n) is 2.07. The van der Waals surface area contributed by atoms with Crippen molar-refractivity contribution in [2.45, 2.75) is 11.3 Å². The summed E-state index contributed by atoms with van der Waals surface area (Å²) < 4.78 is 25.3. The molecule has 0 amide bonds.